The van der Waals surface area contributed by atoms with E-state index in [1.807, 2.05) is 37.3 Å². The average molecular weight is 297 g/mol. The lowest BCUT2D eigenvalue weighted by atomic mass is 10.2. The van der Waals surface area contributed by atoms with E-state index in [1.54, 1.807) is 7.05 Å². The average Bonchev–Trinajstić information content (AvgIpc) is 2.98. The molecule has 0 saturated carbocycles. The zero-order chi connectivity index (χ0) is 14.6. The van der Waals surface area contributed by atoms with Crippen molar-refractivity contribution in [2.45, 2.75) is 25.9 Å². The molecule has 0 spiro atoms. The molecule has 6 heteroatoms. The van der Waals surface area contributed by atoms with Gasteiger partial charge >= 0.3 is 0 Å². The first-order chi connectivity index (χ1) is 9.55. The minimum Gasteiger partial charge on any atom is -0.315 e. The van der Waals surface area contributed by atoms with Crippen LogP contribution in [0.2, 0.25) is 0 Å². The molecule has 0 aliphatic carbocycles. The largest absolute Gasteiger partial charge is 0.315 e. The van der Waals surface area contributed by atoms with Gasteiger partial charge in [-0.1, -0.05) is 37.3 Å². The monoisotopic (exact) mass is 297 g/mol. The van der Waals surface area contributed by atoms with Crippen LogP contribution in [0.4, 0.5) is 0 Å². The van der Waals surface area contributed by atoms with Crippen molar-refractivity contribution in [3.05, 3.63) is 35.9 Å². The Kier molecular flexibility index (Phi) is 5.15. The molecule has 1 N–H and O–H groups in total. The second-order valence-corrected chi connectivity index (χ2v) is 7.07. The van der Waals surface area contributed by atoms with Crippen molar-refractivity contribution in [1.29, 1.82) is 0 Å². The number of rotatable bonds is 6. The molecular weight excluding hydrogens is 274 g/mol. The Labute approximate surface area is 121 Å². The summed E-state index contributed by atoms with van der Waals surface area (Å²) >= 11 is 0. The number of nitrogens with one attached hydrogen (secondary N) is 1. The quantitative estimate of drug-likeness (QED) is 0.854. The molecule has 5 nitrogen and oxygen atoms in total. The Morgan fingerprint density at radius 1 is 1.30 bits per heavy atom. The summed E-state index contributed by atoms with van der Waals surface area (Å²) in [6.45, 7) is 4.39. The summed E-state index contributed by atoms with van der Waals surface area (Å²) in [6.07, 6.45) is 0.874. The molecule has 20 heavy (non-hydrogen) atoms. The topological polar surface area (TPSA) is 52.7 Å². The number of hydrogen-bond acceptors (Lipinski definition) is 3. The van der Waals surface area contributed by atoms with Crippen LogP contribution in [0, 0.1) is 0 Å². The summed E-state index contributed by atoms with van der Waals surface area (Å²) in [5.41, 5.74) is 1.01. The fourth-order valence-electron chi connectivity index (χ4n) is 2.46. The third-order valence-corrected chi connectivity index (χ3v) is 5.86. The van der Waals surface area contributed by atoms with E-state index in [0.29, 0.717) is 13.1 Å². The van der Waals surface area contributed by atoms with Crippen LogP contribution in [0.3, 0.4) is 0 Å². The van der Waals surface area contributed by atoms with Gasteiger partial charge in [0.15, 0.2) is 0 Å². The third kappa shape index (κ3) is 3.38. The molecule has 2 rings (SSSR count). The van der Waals surface area contributed by atoms with Crippen LogP contribution in [-0.4, -0.2) is 49.8 Å². The van der Waals surface area contributed by atoms with Gasteiger partial charge in [0.25, 0.3) is 10.2 Å². The number of benzene rings is 1. The van der Waals surface area contributed by atoms with Crippen LogP contribution >= 0.6 is 0 Å². The zero-order valence-corrected chi connectivity index (χ0v) is 12.9. The molecule has 0 radical (unpaired) electrons. The van der Waals surface area contributed by atoms with E-state index >= 15 is 0 Å². The van der Waals surface area contributed by atoms with Crippen molar-refractivity contribution in [2.75, 3.05) is 26.7 Å². The van der Waals surface area contributed by atoms with E-state index in [0.717, 1.165) is 25.1 Å². The molecule has 1 aromatic rings. The van der Waals surface area contributed by atoms with E-state index in [9.17, 15) is 8.42 Å². The van der Waals surface area contributed by atoms with Crippen LogP contribution < -0.4 is 5.32 Å². The second kappa shape index (κ2) is 6.67. The highest BCUT2D eigenvalue weighted by Gasteiger charge is 2.32. The molecule has 1 aliphatic heterocycles. The van der Waals surface area contributed by atoms with Gasteiger partial charge in [-0.15, -0.1) is 0 Å². The fourth-order valence-corrected chi connectivity index (χ4v) is 4.02. The van der Waals surface area contributed by atoms with Crippen molar-refractivity contribution >= 4 is 10.2 Å². The van der Waals surface area contributed by atoms with Crippen LogP contribution in [0.15, 0.2) is 30.3 Å². The van der Waals surface area contributed by atoms with Gasteiger partial charge in [0.2, 0.25) is 0 Å². The van der Waals surface area contributed by atoms with Crippen LogP contribution in [0.25, 0.3) is 0 Å². The van der Waals surface area contributed by atoms with Crippen molar-refractivity contribution < 1.29 is 8.42 Å². The van der Waals surface area contributed by atoms with E-state index < -0.39 is 10.2 Å². The SMILES string of the molecule is CCN(Cc1ccccc1)S(=O)(=O)N(C)C1CCNC1. The predicted octanol–water partition coefficient (Wildman–Crippen LogP) is 1.05. The molecule has 1 aromatic carbocycles. The molecule has 0 amide bonds. The highest BCUT2D eigenvalue weighted by molar-refractivity contribution is 7.86. The summed E-state index contributed by atoms with van der Waals surface area (Å²) in [5, 5.41) is 3.21. The van der Waals surface area contributed by atoms with Crippen molar-refractivity contribution in [2.24, 2.45) is 0 Å². The number of likely N-dealkylation sites (N-methyl/N-ethyl adjacent to an activating group) is 1. The van der Waals surface area contributed by atoms with Gasteiger partial charge in [-0.3, -0.25) is 0 Å². The molecule has 1 aliphatic rings. The summed E-state index contributed by atoms with van der Waals surface area (Å²) in [7, 11) is -1.72. The Morgan fingerprint density at radius 2 is 2.00 bits per heavy atom. The van der Waals surface area contributed by atoms with Gasteiger partial charge < -0.3 is 5.32 Å². The molecule has 1 saturated heterocycles. The summed E-state index contributed by atoms with van der Waals surface area (Å²) in [4.78, 5) is 0. The van der Waals surface area contributed by atoms with Crippen molar-refractivity contribution in [3.63, 3.8) is 0 Å². The maximum absolute atomic E-state index is 12.7. The van der Waals surface area contributed by atoms with Gasteiger partial charge in [-0.25, -0.2) is 0 Å². The van der Waals surface area contributed by atoms with Crippen molar-refractivity contribution in [3.8, 4) is 0 Å². The molecule has 112 valence electrons. The van der Waals surface area contributed by atoms with E-state index in [2.05, 4.69) is 5.32 Å². The van der Waals surface area contributed by atoms with Crippen LogP contribution in [0.5, 0.6) is 0 Å². The second-order valence-electron chi connectivity index (χ2n) is 5.08. The summed E-state index contributed by atoms with van der Waals surface area (Å²) < 4.78 is 28.4. The Hall–Kier alpha value is -0.950. The molecule has 1 unspecified atom stereocenters. The lowest BCUT2D eigenvalue weighted by Gasteiger charge is -2.30. The smallest absolute Gasteiger partial charge is 0.282 e. The lowest BCUT2D eigenvalue weighted by molar-refractivity contribution is 0.326. The molecule has 1 fully saturated rings. The minimum atomic E-state index is -3.41. The molecule has 1 atom stereocenters. The Balaban J connectivity index is 2.12. The van der Waals surface area contributed by atoms with Gasteiger partial charge in [0.1, 0.15) is 0 Å². The summed E-state index contributed by atoms with van der Waals surface area (Å²) in [5.74, 6) is 0. The van der Waals surface area contributed by atoms with E-state index in [1.165, 1.54) is 8.61 Å². The number of hydrogen-bond donors (Lipinski definition) is 1. The maximum Gasteiger partial charge on any atom is 0.282 e. The first kappa shape index (κ1) is 15.4. The summed E-state index contributed by atoms with van der Waals surface area (Å²) in [6, 6.07) is 9.76. The standard InChI is InChI=1S/C14H23N3O2S/c1-3-17(12-13-7-5-4-6-8-13)20(18,19)16(2)14-9-10-15-11-14/h4-8,14-15H,3,9-12H2,1-2H3. The fraction of sp³-hybridized carbons (Fsp3) is 0.571. The molecule has 0 bridgehead atoms. The van der Waals surface area contributed by atoms with Crippen LogP contribution in [0.1, 0.15) is 18.9 Å². The Bertz CT molecular complexity index is 512. The maximum atomic E-state index is 12.7. The van der Waals surface area contributed by atoms with E-state index in [4.69, 9.17) is 0 Å². The number of nitrogens with zero attached hydrogens (tertiary/aromatic N) is 2. The molecular formula is C14H23N3O2S. The Morgan fingerprint density at radius 3 is 2.55 bits per heavy atom. The van der Waals surface area contributed by atoms with Gasteiger partial charge in [0, 0.05) is 32.7 Å². The first-order valence-corrected chi connectivity index (χ1v) is 8.43. The van der Waals surface area contributed by atoms with Crippen LogP contribution in [-0.2, 0) is 16.8 Å². The minimum absolute atomic E-state index is 0.0600. The molecule has 0 aromatic heterocycles. The third-order valence-electron chi connectivity index (χ3n) is 3.79. The molecule has 1 heterocycles. The highest BCUT2D eigenvalue weighted by Crippen LogP contribution is 2.17. The van der Waals surface area contributed by atoms with Gasteiger partial charge in [-0.05, 0) is 18.5 Å². The predicted molar refractivity (Wildman–Crippen MR) is 80.5 cm³/mol. The lowest BCUT2D eigenvalue weighted by Crippen LogP contribution is -2.46. The first-order valence-electron chi connectivity index (χ1n) is 7.03. The van der Waals surface area contributed by atoms with Crippen molar-refractivity contribution in [1.82, 2.24) is 13.9 Å². The van der Waals surface area contributed by atoms with E-state index in [-0.39, 0.29) is 6.04 Å². The van der Waals surface area contributed by atoms with Gasteiger partial charge in [0.05, 0.1) is 0 Å². The highest BCUT2D eigenvalue weighted by atomic mass is 32.2. The zero-order valence-electron chi connectivity index (χ0n) is 12.1. The normalized spacial score (nSPS) is 19.9. The van der Waals surface area contributed by atoms with Gasteiger partial charge in [-0.2, -0.15) is 17.0 Å².